The third-order valence-corrected chi connectivity index (χ3v) is 5.30. The van der Waals surface area contributed by atoms with Gasteiger partial charge in [0.15, 0.2) is 0 Å². The first-order chi connectivity index (χ1) is 11.2. The number of aromatic nitrogens is 1. The van der Waals surface area contributed by atoms with Gasteiger partial charge < -0.3 is 5.32 Å². The molecule has 0 radical (unpaired) electrons. The standard InChI is InChI=1S/C18H22N4S/c1-14-4-5-18(21-17(14)11-19)20-12-15-6-8-22(9-7-15)13-16-3-2-10-23-16/h2-5,10,15H,6-9,12-13H2,1H3,(H,20,21). The maximum atomic E-state index is 9.05. The zero-order chi connectivity index (χ0) is 16.1. The zero-order valence-electron chi connectivity index (χ0n) is 13.5. The number of anilines is 1. The molecule has 0 amide bonds. The Morgan fingerprint density at radius 2 is 2.17 bits per heavy atom. The van der Waals surface area contributed by atoms with Crippen molar-refractivity contribution in [3.8, 4) is 6.07 Å². The van der Waals surface area contributed by atoms with Crippen LogP contribution in [0.4, 0.5) is 5.82 Å². The van der Waals surface area contributed by atoms with Crippen molar-refractivity contribution in [2.24, 2.45) is 5.92 Å². The second kappa shape index (κ2) is 7.58. The van der Waals surface area contributed by atoms with Crippen molar-refractivity contribution in [1.82, 2.24) is 9.88 Å². The molecule has 3 heterocycles. The van der Waals surface area contributed by atoms with Crippen LogP contribution in [0.25, 0.3) is 0 Å². The summed E-state index contributed by atoms with van der Waals surface area (Å²) in [4.78, 5) is 8.35. The van der Waals surface area contributed by atoms with Gasteiger partial charge in [0.2, 0.25) is 0 Å². The van der Waals surface area contributed by atoms with Crippen LogP contribution in [0.3, 0.4) is 0 Å². The molecule has 0 bridgehead atoms. The number of nitrogens with zero attached hydrogens (tertiary/aromatic N) is 3. The summed E-state index contributed by atoms with van der Waals surface area (Å²) >= 11 is 1.84. The fourth-order valence-corrected chi connectivity index (χ4v) is 3.71. The molecule has 1 saturated heterocycles. The van der Waals surface area contributed by atoms with Crippen molar-refractivity contribution in [1.29, 1.82) is 5.26 Å². The van der Waals surface area contributed by atoms with Crippen molar-refractivity contribution in [2.75, 3.05) is 25.0 Å². The predicted molar refractivity (Wildman–Crippen MR) is 94.5 cm³/mol. The second-order valence-corrected chi connectivity index (χ2v) is 7.19. The van der Waals surface area contributed by atoms with Gasteiger partial charge in [0.05, 0.1) is 0 Å². The van der Waals surface area contributed by atoms with E-state index in [1.165, 1.54) is 17.7 Å². The van der Waals surface area contributed by atoms with Gasteiger partial charge in [-0.1, -0.05) is 12.1 Å². The molecule has 0 saturated carbocycles. The Bertz CT molecular complexity index is 667. The molecule has 1 aliphatic rings. The summed E-state index contributed by atoms with van der Waals surface area (Å²) in [5.41, 5.74) is 1.45. The number of nitriles is 1. The van der Waals surface area contributed by atoms with E-state index in [-0.39, 0.29) is 0 Å². The highest BCUT2D eigenvalue weighted by atomic mass is 32.1. The molecule has 1 N–H and O–H groups in total. The summed E-state index contributed by atoms with van der Waals surface area (Å²) in [6.07, 6.45) is 2.44. The smallest absolute Gasteiger partial charge is 0.145 e. The molecule has 0 aromatic carbocycles. The number of hydrogen-bond acceptors (Lipinski definition) is 5. The summed E-state index contributed by atoms with van der Waals surface area (Å²) in [5.74, 6) is 1.50. The van der Waals surface area contributed by atoms with E-state index in [2.05, 4.69) is 38.8 Å². The monoisotopic (exact) mass is 326 g/mol. The number of likely N-dealkylation sites (tertiary alicyclic amines) is 1. The van der Waals surface area contributed by atoms with Gasteiger partial charge in [-0.25, -0.2) is 4.98 Å². The van der Waals surface area contributed by atoms with Gasteiger partial charge in [-0.15, -0.1) is 11.3 Å². The van der Waals surface area contributed by atoms with Crippen LogP contribution in [-0.4, -0.2) is 29.5 Å². The molecule has 1 aliphatic heterocycles. The minimum Gasteiger partial charge on any atom is -0.370 e. The first-order valence-corrected chi connectivity index (χ1v) is 8.99. The van der Waals surface area contributed by atoms with E-state index in [9.17, 15) is 0 Å². The third kappa shape index (κ3) is 4.31. The molecule has 0 spiro atoms. The van der Waals surface area contributed by atoms with E-state index in [0.717, 1.165) is 37.6 Å². The van der Waals surface area contributed by atoms with Gasteiger partial charge in [-0.3, -0.25) is 4.90 Å². The summed E-state index contributed by atoms with van der Waals surface area (Å²) < 4.78 is 0. The molecule has 0 unspecified atom stereocenters. The number of pyridine rings is 1. The predicted octanol–water partition coefficient (Wildman–Crippen LogP) is 3.65. The second-order valence-electron chi connectivity index (χ2n) is 6.15. The number of hydrogen-bond donors (Lipinski definition) is 1. The van der Waals surface area contributed by atoms with Gasteiger partial charge in [0.25, 0.3) is 0 Å². The van der Waals surface area contributed by atoms with Crippen LogP contribution in [0, 0.1) is 24.2 Å². The zero-order valence-corrected chi connectivity index (χ0v) is 14.3. The molecule has 0 aliphatic carbocycles. The summed E-state index contributed by atoms with van der Waals surface area (Å²) in [6.45, 7) is 6.26. The SMILES string of the molecule is Cc1ccc(NCC2CCN(Cc3cccs3)CC2)nc1C#N. The van der Waals surface area contributed by atoms with Gasteiger partial charge in [-0.05, 0) is 61.8 Å². The Labute approximate surface area is 141 Å². The summed E-state index contributed by atoms with van der Waals surface area (Å²) in [5, 5.41) is 14.6. The molecule has 2 aromatic heterocycles. The minimum absolute atomic E-state index is 0.515. The molecule has 3 rings (SSSR count). The van der Waals surface area contributed by atoms with Crippen molar-refractivity contribution in [3.63, 3.8) is 0 Å². The van der Waals surface area contributed by atoms with E-state index < -0.39 is 0 Å². The van der Waals surface area contributed by atoms with E-state index >= 15 is 0 Å². The number of nitrogens with one attached hydrogen (secondary N) is 1. The lowest BCUT2D eigenvalue weighted by atomic mass is 9.97. The molecule has 2 aromatic rings. The van der Waals surface area contributed by atoms with Crippen LogP contribution >= 0.6 is 11.3 Å². The molecule has 1 fully saturated rings. The number of aryl methyl sites for hydroxylation is 1. The Hall–Kier alpha value is -1.90. The molecule has 0 atom stereocenters. The highest BCUT2D eigenvalue weighted by Gasteiger charge is 2.19. The van der Waals surface area contributed by atoms with Gasteiger partial charge in [-0.2, -0.15) is 5.26 Å². The number of piperidine rings is 1. The van der Waals surface area contributed by atoms with Crippen molar-refractivity contribution >= 4 is 17.2 Å². The number of thiophene rings is 1. The molecule has 120 valence electrons. The highest BCUT2D eigenvalue weighted by Crippen LogP contribution is 2.21. The van der Waals surface area contributed by atoms with Crippen LogP contribution in [0.15, 0.2) is 29.6 Å². The normalized spacial score (nSPS) is 16.2. The average molecular weight is 326 g/mol. The average Bonchev–Trinajstić information content (AvgIpc) is 3.08. The van der Waals surface area contributed by atoms with Crippen molar-refractivity contribution < 1.29 is 0 Å². The minimum atomic E-state index is 0.515. The van der Waals surface area contributed by atoms with Crippen molar-refractivity contribution in [3.05, 3.63) is 45.8 Å². The van der Waals surface area contributed by atoms with Crippen LogP contribution in [0.5, 0.6) is 0 Å². The number of rotatable bonds is 5. The molecular formula is C18H22N4S. The topological polar surface area (TPSA) is 52.0 Å². The Morgan fingerprint density at radius 1 is 1.35 bits per heavy atom. The maximum absolute atomic E-state index is 9.05. The maximum Gasteiger partial charge on any atom is 0.145 e. The largest absolute Gasteiger partial charge is 0.370 e. The Morgan fingerprint density at radius 3 is 2.87 bits per heavy atom. The Kier molecular flexibility index (Phi) is 5.27. The van der Waals surface area contributed by atoms with Crippen LogP contribution in [0.2, 0.25) is 0 Å². The third-order valence-electron chi connectivity index (χ3n) is 4.44. The van der Waals surface area contributed by atoms with Crippen LogP contribution < -0.4 is 5.32 Å². The molecule has 4 nitrogen and oxygen atoms in total. The van der Waals surface area contributed by atoms with Crippen LogP contribution in [0.1, 0.15) is 29.0 Å². The first kappa shape index (κ1) is 16.0. The fourth-order valence-electron chi connectivity index (χ4n) is 2.96. The summed E-state index contributed by atoms with van der Waals surface area (Å²) in [7, 11) is 0. The molecular weight excluding hydrogens is 304 g/mol. The molecule has 5 heteroatoms. The lowest BCUT2D eigenvalue weighted by molar-refractivity contribution is 0.184. The van der Waals surface area contributed by atoms with Gasteiger partial charge in [0.1, 0.15) is 17.6 Å². The quantitative estimate of drug-likeness (QED) is 0.911. The van der Waals surface area contributed by atoms with Gasteiger partial charge in [0, 0.05) is 18.0 Å². The fraction of sp³-hybridized carbons (Fsp3) is 0.444. The van der Waals surface area contributed by atoms with E-state index in [4.69, 9.17) is 5.26 Å². The lowest BCUT2D eigenvalue weighted by Crippen LogP contribution is -2.35. The van der Waals surface area contributed by atoms with E-state index in [1.807, 2.05) is 30.4 Å². The Balaban J connectivity index is 1.45. The molecule has 23 heavy (non-hydrogen) atoms. The van der Waals surface area contributed by atoms with Crippen molar-refractivity contribution in [2.45, 2.75) is 26.3 Å². The lowest BCUT2D eigenvalue weighted by Gasteiger charge is -2.31. The van der Waals surface area contributed by atoms with E-state index in [1.54, 1.807) is 0 Å². The van der Waals surface area contributed by atoms with Gasteiger partial charge >= 0.3 is 0 Å². The summed E-state index contributed by atoms with van der Waals surface area (Å²) in [6, 6.07) is 10.4. The first-order valence-electron chi connectivity index (χ1n) is 8.11. The van der Waals surface area contributed by atoms with E-state index in [0.29, 0.717) is 11.6 Å². The van der Waals surface area contributed by atoms with Crippen LogP contribution in [-0.2, 0) is 6.54 Å². The highest BCUT2D eigenvalue weighted by molar-refractivity contribution is 7.09.